The lowest BCUT2D eigenvalue weighted by Crippen LogP contribution is -2.27. The van der Waals surface area contributed by atoms with E-state index in [-0.39, 0.29) is 0 Å². The van der Waals surface area contributed by atoms with Crippen LogP contribution in [0.25, 0.3) is 0 Å². The van der Waals surface area contributed by atoms with Crippen molar-refractivity contribution in [2.24, 2.45) is 5.41 Å². The van der Waals surface area contributed by atoms with Crippen molar-refractivity contribution in [3.63, 3.8) is 0 Å². The minimum atomic E-state index is 0.483. The summed E-state index contributed by atoms with van der Waals surface area (Å²) in [5.41, 5.74) is 1.64. The summed E-state index contributed by atoms with van der Waals surface area (Å²) < 4.78 is 0. The van der Waals surface area contributed by atoms with Crippen LogP contribution in [0.2, 0.25) is 0 Å². The van der Waals surface area contributed by atoms with Gasteiger partial charge in [0.2, 0.25) is 0 Å². The molecule has 1 saturated heterocycles. The average molecular weight is 248 g/mol. The standard InChI is InChI=1S/C14H24N4/c1-5-14(6-2)7-8-18(9-14)13-11(3)12(15-4)16-10-17-13/h10H,5-9H2,1-4H3,(H,15,16,17). The number of rotatable bonds is 4. The lowest BCUT2D eigenvalue weighted by atomic mass is 9.82. The van der Waals surface area contributed by atoms with Gasteiger partial charge >= 0.3 is 0 Å². The zero-order valence-electron chi connectivity index (χ0n) is 12.0. The number of hydrogen-bond acceptors (Lipinski definition) is 4. The summed E-state index contributed by atoms with van der Waals surface area (Å²) in [7, 11) is 1.91. The van der Waals surface area contributed by atoms with Crippen molar-refractivity contribution in [1.29, 1.82) is 0 Å². The van der Waals surface area contributed by atoms with E-state index in [1.807, 2.05) is 7.05 Å². The van der Waals surface area contributed by atoms with Crippen LogP contribution >= 0.6 is 0 Å². The molecule has 1 aliphatic rings. The molecule has 1 aliphatic heterocycles. The molecule has 1 aromatic rings. The lowest BCUT2D eigenvalue weighted by Gasteiger charge is -2.27. The van der Waals surface area contributed by atoms with E-state index in [1.165, 1.54) is 19.3 Å². The summed E-state index contributed by atoms with van der Waals surface area (Å²) in [5, 5.41) is 3.13. The third-order valence-electron chi connectivity index (χ3n) is 4.53. The number of hydrogen-bond donors (Lipinski definition) is 1. The van der Waals surface area contributed by atoms with E-state index in [1.54, 1.807) is 6.33 Å². The summed E-state index contributed by atoms with van der Waals surface area (Å²) in [6.45, 7) is 8.94. The number of nitrogens with one attached hydrogen (secondary N) is 1. The smallest absolute Gasteiger partial charge is 0.137 e. The molecule has 100 valence electrons. The van der Waals surface area contributed by atoms with E-state index >= 15 is 0 Å². The topological polar surface area (TPSA) is 41.1 Å². The zero-order valence-corrected chi connectivity index (χ0v) is 12.0. The molecule has 0 radical (unpaired) electrons. The lowest BCUT2D eigenvalue weighted by molar-refractivity contribution is 0.301. The molecular formula is C14H24N4. The normalized spacial score (nSPS) is 18.1. The van der Waals surface area contributed by atoms with Crippen LogP contribution in [0.1, 0.15) is 38.7 Å². The second kappa shape index (κ2) is 5.12. The van der Waals surface area contributed by atoms with Gasteiger partial charge in [0.25, 0.3) is 0 Å². The Morgan fingerprint density at radius 3 is 2.61 bits per heavy atom. The molecule has 0 aromatic carbocycles. The van der Waals surface area contributed by atoms with Crippen LogP contribution in [-0.4, -0.2) is 30.1 Å². The first kappa shape index (κ1) is 13.1. The van der Waals surface area contributed by atoms with Crippen LogP contribution in [0, 0.1) is 12.3 Å². The predicted molar refractivity (Wildman–Crippen MR) is 76.2 cm³/mol. The van der Waals surface area contributed by atoms with E-state index in [0.29, 0.717) is 5.41 Å². The van der Waals surface area contributed by atoms with Gasteiger partial charge in [-0.1, -0.05) is 13.8 Å². The summed E-state index contributed by atoms with van der Waals surface area (Å²) in [6.07, 6.45) is 5.44. The zero-order chi connectivity index (χ0) is 13.2. The Bertz CT molecular complexity index is 412. The second-order valence-electron chi connectivity index (χ2n) is 5.30. The molecule has 0 unspecified atom stereocenters. The third kappa shape index (κ3) is 2.16. The third-order valence-corrected chi connectivity index (χ3v) is 4.53. The minimum Gasteiger partial charge on any atom is -0.373 e. The van der Waals surface area contributed by atoms with E-state index in [0.717, 1.165) is 30.3 Å². The Morgan fingerprint density at radius 1 is 1.33 bits per heavy atom. The predicted octanol–water partition coefficient (Wildman–Crippen LogP) is 2.84. The molecule has 0 aliphatic carbocycles. The fourth-order valence-electron chi connectivity index (χ4n) is 2.95. The summed E-state index contributed by atoms with van der Waals surface area (Å²) in [5.74, 6) is 2.03. The first-order chi connectivity index (χ1) is 8.65. The van der Waals surface area contributed by atoms with Crippen LogP contribution in [0.4, 0.5) is 11.6 Å². The molecule has 1 N–H and O–H groups in total. The first-order valence-electron chi connectivity index (χ1n) is 6.90. The van der Waals surface area contributed by atoms with Crippen molar-refractivity contribution in [3.05, 3.63) is 11.9 Å². The van der Waals surface area contributed by atoms with Crippen LogP contribution in [-0.2, 0) is 0 Å². The van der Waals surface area contributed by atoms with Gasteiger partial charge in [0.1, 0.15) is 18.0 Å². The van der Waals surface area contributed by atoms with E-state index in [9.17, 15) is 0 Å². The monoisotopic (exact) mass is 248 g/mol. The van der Waals surface area contributed by atoms with Gasteiger partial charge in [-0.2, -0.15) is 0 Å². The van der Waals surface area contributed by atoms with Crippen LogP contribution in [0.15, 0.2) is 6.33 Å². The Kier molecular flexibility index (Phi) is 3.73. The largest absolute Gasteiger partial charge is 0.373 e. The van der Waals surface area contributed by atoms with Gasteiger partial charge in [0.15, 0.2) is 0 Å². The molecule has 4 nitrogen and oxygen atoms in total. The molecule has 0 amide bonds. The van der Waals surface area contributed by atoms with Crippen molar-refractivity contribution < 1.29 is 0 Å². The van der Waals surface area contributed by atoms with Gasteiger partial charge in [-0.25, -0.2) is 9.97 Å². The highest BCUT2D eigenvalue weighted by molar-refractivity contribution is 5.58. The van der Waals surface area contributed by atoms with E-state index in [2.05, 4.69) is 41.0 Å². The number of aromatic nitrogens is 2. The number of anilines is 2. The Hall–Kier alpha value is -1.32. The van der Waals surface area contributed by atoms with Crippen molar-refractivity contribution in [1.82, 2.24) is 9.97 Å². The van der Waals surface area contributed by atoms with Gasteiger partial charge in [-0.3, -0.25) is 0 Å². The van der Waals surface area contributed by atoms with Gasteiger partial charge in [-0.15, -0.1) is 0 Å². The average Bonchev–Trinajstić information content (AvgIpc) is 2.84. The van der Waals surface area contributed by atoms with Crippen molar-refractivity contribution >= 4 is 11.6 Å². The minimum absolute atomic E-state index is 0.483. The molecule has 0 bridgehead atoms. The van der Waals surface area contributed by atoms with E-state index in [4.69, 9.17) is 0 Å². The fraction of sp³-hybridized carbons (Fsp3) is 0.714. The van der Waals surface area contributed by atoms with E-state index < -0.39 is 0 Å². The fourth-order valence-corrected chi connectivity index (χ4v) is 2.95. The summed E-state index contributed by atoms with van der Waals surface area (Å²) in [6, 6.07) is 0. The molecular weight excluding hydrogens is 224 g/mol. The molecule has 2 rings (SSSR count). The molecule has 0 spiro atoms. The Morgan fingerprint density at radius 2 is 2.06 bits per heavy atom. The van der Waals surface area contributed by atoms with Gasteiger partial charge in [-0.05, 0) is 31.6 Å². The van der Waals surface area contributed by atoms with Gasteiger partial charge in [0, 0.05) is 25.7 Å². The summed E-state index contributed by atoms with van der Waals surface area (Å²) in [4.78, 5) is 11.2. The maximum atomic E-state index is 4.48. The van der Waals surface area contributed by atoms with Crippen molar-refractivity contribution in [3.8, 4) is 0 Å². The van der Waals surface area contributed by atoms with Crippen LogP contribution in [0.5, 0.6) is 0 Å². The molecule has 2 heterocycles. The molecule has 1 fully saturated rings. The van der Waals surface area contributed by atoms with Crippen LogP contribution < -0.4 is 10.2 Å². The van der Waals surface area contributed by atoms with Crippen molar-refractivity contribution in [2.45, 2.75) is 40.0 Å². The molecule has 0 atom stereocenters. The quantitative estimate of drug-likeness (QED) is 0.889. The maximum Gasteiger partial charge on any atom is 0.137 e. The highest BCUT2D eigenvalue weighted by Crippen LogP contribution is 2.39. The van der Waals surface area contributed by atoms with Crippen LogP contribution in [0.3, 0.4) is 0 Å². The Balaban J connectivity index is 2.24. The summed E-state index contributed by atoms with van der Waals surface area (Å²) >= 11 is 0. The van der Waals surface area contributed by atoms with Gasteiger partial charge < -0.3 is 10.2 Å². The highest BCUT2D eigenvalue weighted by Gasteiger charge is 2.36. The van der Waals surface area contributed by atoms with Gasteiger partial charge in [0.05, 0.1) is 0 Å². The maximum absolute atomic E-state index is 4.48. The first-order valence-corrected chi connectivity index (χ1v) is 6.90. The second-order valence-corrected chi connectivity index (χ2v) is 5.30. The molecule has 18 heavy (non-hydrogen) atoms. The van der Waals surface area contributed by atoms with Crippen molar-refractivity contribution in [2.75, 3.05) is 30.4 Å². The highest BCUT2D eigenvalue weighted by atomic mass is 15.2. The molecule has 0 saturated carbocycles. The number of nitrogens with zero attached hydrogens (tertiary/aromatic N) is 3. The molecule has 1 aromatic heterocycles. The SMILES string of the molecule is CCC1(CC)CCN(c2ncnc(NC)c2C)C1. The molecule has 4 heteroatoms. The Labute approximate surface area is 110 Å².